The molecule has 3 heteroatoms. The molecule has 1 nitrogen and oxygen atoms in total. The standard InChI is InChI=1S/C16H23Br2N/c1-3-19-16(9-12-6-4-5-7-12)13-10-14(17)11(2)8-15(13)18/h8,10,12,16,19H,3-7,9H2,1-2H3. The molecule has 0 amide bonds. The Hall–Kier alpha value is 0.140. The summed E-state index contributed by atoms with van der Waals surface area (Å²) < 4.78 is 2.44. The van der Waals surface area contributed by atoms with Gasteiger partial charge in [-0.2, -0.15) is 0 Å². The monoisotopic (exact) mass is 387 g/mol. The number of halogens is 2. The molecule has 2 rings (SSSR count). The van der Waals surface area contributed by atoms with Gasteiger partial charge < -0.3 is 5.32 Å². The Kier molecular flexibility index (Phi) is 5.91. The van der Waals surface area contributed by atoms with Crippen LogP contribution in [0.25, 0.3) is 0 Å². The molecule has 1 aliphatic carbocycles. The van der Waals surface area contributed by atoms with Gasteiger partial charge in [0, 0.05) is 15.0 Å². The zero-order chi connectivity index (χ0) is 13.8. The summed E-state index contributed by atoms with van der Waals surface area (Å²) >= 11 is 7.40. The van der Waals surface area contributed by atoms with Crippen LogP contribution in [-0.4, -0.2) is 6.54 Å². The lowest BCUT2D eigenvalue weighted by atomic mass is 9.93. The molecule has 0 spiro atoms. The first-order valence-corrected chi connectivity index (χ1v) is 8.89. The van der Waals surface area contributed by atoms with Crippen LogP contribution in [0.2, 0.25) is 0 Å². The summed E-state index contributed by atoms with van der Waals surface area (Å²) in [4.78, 5) is 0. The van der Waals surface area contributed by atoms with Crippen LogP contribution >= 0.6 is 31.9 Å². The first-order valence-electron chi connectivity index (χ1n) is 7.30. The minimum atomic E-state index is 0.472. The SMILES string of the molecule is CCNC(CC1CCCC1)c1cc(Br)c(C)cc1Br. The molecule has 1 aromatic carbocycles. The normalized spacial score (nSPS) is 17.9. The summed E-state index contributed by atoms with van der Waals surface area (Å²) in [6.45, 7) is 5.35. The molecule has 1 aromatic rings. The first-order chi connectivity index (χ1) is 9.11. The van der Waals surface area contributed by atoms with Crippen molar-refractivity contribution in [2.45, 2.75) is 52.0 Å². The van der Waals surface area contributed by atoms with E-state index in [0.29, 0.717) is 6.04 Å². The number of rotatable bonds is 5. The molecule has 0 radical (unpaired) electrons. The van der Waals surface area contributed by atoms with Crippen molar-refractivity contribution in [1.82, 2.24) is 5.32 Å². The van der Waals surface area contributed by atoms with Crippen molar-refractivity contribution in [1.29, 1.82) is 0 Å². The molecule has 19 heavy (non-hydrogen) atoms. The molecule has 0 aromatic heterocycles. The van der Waals surface area contributed by atoms with Crippen LogP contribution in [0, 0.1) is 12.8 Å². The molecular formula is C16H23Br2N. The largest absolute Gasteiger partial charge is 0.310 e. The van der Waals surface area contributed by atoms with Gasteiger partial charge in [-0.05, 0) is 49.1 Å². The molecule has 1 fully saturated rings. The predicted octanol–water partition coefficient (Wildman–Crippen LogP) is 5.75. The molecule has 1 saturated carbocycles. The number of hydrogen-bond acceptors (Lipinski definition) is 1. The quantitative estimate of drug-likeness (QED) is 0.676. The lowest BCUT2D eigenvalue weighted by Crippen LogP contribution is -2.23. The van der Waals surface area contributed by atoms with Gasteiger partial charge in [0.15, 0.2) is 0 Å². The Morgan fingerprint density at radius 1 is 1.21 bits per heavy atom. The highest BCUT2D eigenvalue weighted by molar-refractivity contribution is 9.11. The summed E-state index contributed by atoms with van der Waals surface area (Å²) in [6, 6.07) is 4.97. The van der Waals surface area contributed by atoms with E-state index in [2.05, 4.69) is 63.2 Å². The fraction of sp³-hybridized carbons (Fsp3) is 0.625. The van der Waals surface area contributed by atoms with Gasteiger partial charge in [0.05, 0.1) is 0 Å². The maximum absolute atomic E-state index is 3.74. The number of aryl methyl sites for hydroxylation is 1. The van der Waals surface area contributed by atoms with Crippen molar-refractivity contribution in [3.8, 4) is 0 Å². The van der Waals surface area contributed by atoms with Crippen LogP contribution in [0.4, 0.5) is 0 Å². The van der Waals surface area contributed by atoms with Crippen LogP contribution in [0.15, 0.2) is 21.1 Å². The molecular weight excluding hydrogens is 366 g/mol. The van der Waals surface area contributed by atoms with Crippen LogP contribution in [0.1, 0.15) is 56.2 Å². The highest BCUT2D eigenvalue weighted by Crippen LogP contribution is 2.37. The van der Waals surface area contributed by atoms with Crippen molar-refractivity contribution in [2.24, 2.45) is 5.92 Å². The Bertz CT molecular complexity index is 425. The number of hydrogen-bond donors (Lipinski definition) is 1. The second-order valence-corrected chi connectivity index (χ2v) is 7.33. The summed E-state index contributed by atoms with van der Waals surface area (Å²) in [5, 5.41) is 3.66. The van der Waals surface area contributed by atoms with E-state index in [4.69, 9.17) is 0 Å². The van der Waals surface area contributed by atoms with Gasteiger partial charge in [0.2, 0.25) is 0 Å². The van der Waals surface area contributed by atoms with Crippen molar-refractivity contribution in [3.63, 3.8) is 0 Å². The maximum Gasteiger partial charge on any atom is 0.0334 e. The summed E-state index contributed by atoms with van der Waals surface area (Å²) in [5.74, 6) is 0.899. The Labute approximate surface area is 133 Å². The highest BCUT2D eigenvalue weighted by Gasteiger charge is 2.22. The fourth-order valence-electron chi connectivity index (χ4n) is 3.07. The van der Waals surface area contributed by atoms with Gasteiger partial charge in [-0.25, -0.2) is 0 Å². The van der Waals surface area contributed by atoms with Crippen molar-refractivity contribution < 1.29 is 0 Å². The average Bonchev–Trinajstić information content (AvgIpc) is 2.86. The zero-order valence-electron chi connectivity index (χ0n) is 11.8. The van der Waals surface area contributed by atoms with E-state index in [0.717, 1.165) is 12.5 Å². The molecule has 0 aliphatic heterocycles. The molecule has 0 heterocycles. The fourth-order valence-corrected chi connectivity index (χ4v) is 4.17. The van der Waals surface area contributed by atoms with E-state index < -0.39 is 0 Å². The van der Waals surface area contributed by atoms with Crippen LogP contribution in [0.3, 0.4) is 0 Å². The molecule has 106 valence electrons. The van der Waals surface area contributed by atoms with E-state index >= 15 is 0 Å². The van der Waals surface area contributed by atoms with Gasteiger partial charge in [0.1, 0.15) is 0 Å². The minimum absolute atomic E-state index is 0.472. The lowest BCUT2D eigenvalue weighted by Gasteiger charge is -2.23. The molecule has 0 saturated heterocycles. The van der Waals surface area contributed by atoms with E-state index in [1.807, 2.05) is 0 Å². The maximum atomic E-state index is 3.74. The van der Waals surface area contributed by atoms with Gasteiger partial charge >= 0.3 is 0 Å². The van der Waals surface area contributed by atoms with Crippen molar-refractivity contribution in [2.75, 3.05) is 6.54 Å². The second-order valence-electron chi connectivity index (χ2n) is 5.62. The third-order valence-corrected chi connectivity index (χ3v) is 5.69. The molecule has 1 unspecified atom stereocenters. The highest BCUT2D eigenvalue weighted by atomic mass is 79.9. The van der Waals surface area contributed by atoms with E-state index in [9.17, 15) is 0 Å². The summed E-state index contributed by atoms with van der Waals surface area (Å²) in [6.07, 6.45) is 6.92. The Morgan fingerprint density at radius 2 is 1.89 bits per heavy atom. The van der Waals surface area contributed by atoms with E-state index in [-0.39, 0.29) is 0 Å². The van der Waals surface area contributed by atoms with E-state index in [1.54, 1.807) is 0 Å². The average molecular weight is 389 g/mol. The smallest absolute Gasteiger partial charge is 0.0334 e. The Balaban J connectivity index is 2.19. The zero-order valence-corrected chi connectivity index (χ0v) is 15.0. The number of benzene rings is 1. The van der Waals surface area contributed by atoms with Gasteiger partial charge in [-0.15, -0.1) is 0 Å². The van der Waals surface area contributed by atoms with Gasteiger partial charge in [-0.3, -0.25) is 0 Å². The van der Waals surface area contributed by atoms with Gasteiger partial charge in [-0.1, -0.05) is 64.5 Å². The van der Waals surface area contributed by atoms with Gasteiger partial charge in [0.25, 0.3) is 0 Å². The third-order valence-electron chi connectivity index (χ3n) is 4.15. The summed E-state index contributed by atoms with van der Waals surface area (Å²) in [5.41, 5.74) is 2.68. The van der Waals surface area contributed by atoms with Crippen LogP contribution in [-0.2, 0) is 0 Å². The minimum Gasteiger partial charge on any atom is -0.310 e. The predicted molar refractivity (Wildman–Crippen MR) is 89.6 cm³/mol. The Morgan fingerprint density at radius 3 is 2.53 bits per heavy atom. The van der Waals surface area contributed by atoms with Crippen molar-refractivity contribution in [3.05, 3.63) is 32.2 Å². The molecule has 1 atom stereocenters. The third kappa shape index (κ3) is 4.05. The van der Waals surface area contributed by atoms with Crippen LogP contribution < -0.4 is 5.32 Å². The molecule has 0 bridgehead atoms. The lowest BCUT2D eigenvalue weighted by molar-refractivity contribution is 0.400. The first kappa shape index (κ1) is 15.5. The number of nitrogens with one attached hydrogen (secondary N) is 1. The topological polar surface area (TPSA) is 12.0 Å². The summed E-state index contributed by atoms with van der Waals surface area (Å²) in [7, 11) is 0. The second kappa shape index (κ2) is 7.24. The van der Waals surface area contributed by atoms with Crippen molar-refractivity contribution >= 4 is 31.9 Å². The molecule has 1 N–H and O–H groups in total. The van der Waals surface area contributed by atoms with E-state index in [1.165, 1.54) is 52.2 Å². The van der Waals surface area contributed by atoms with Crippen LogP contribution in [0.5, 0.6) is 0 Å². The molecule has 1 aliphatic rings.